The van der Waals surface area contributed by atoms with E-state index in [2.05, 4.69) is 15.3 Å². The van der Waals surface area contributed by atoms with Gasteiger partial charge in [0.05, 0.1) is 12.9 Å². The van der Waals surface area contributed by atoms with Crippen molar-refractivity contribution in [3.05, 3.63) is 12.0 Å². The van der Waals surface area contributed by atoms with Crippen LogP contribution in [0.25, 0.3) is 0 Å². The van der Waals surface area contributed by atoms with Crippen molar-refractivity contribution in [1.82, 2.24) is 9.55 Å². The molecule has 1 aromatic rings. The van der Waals surface area contributed by atoms with E-state index >= 15 is 0 Å². The number of anilines is 1. The predicted molar refractivity (Wildman–Crippen MR) is 81.1 cm³/mol. The molecule has 2 aliphatic heterocycles. The lowest BCUT2D eigenvalue weighted by Gasteiger charge is -2.29. The third-order valence-corrected chi connectivity index (χ3v) is 4.23. The van der Waals surface area contributed by atoms with Crippen LogP contribution >= 0.6 is 0 Å². The van der Waals surface area contributed by atoms with Crippen molar-refractivity contribution in [2.24, 2.45) is 4.99 Å². The number of imidazole rings is 1. The number of hydrogen-bond acceptors (Lipinski definition) is 8. The molecule has 128 valence electrons. The van der Waals surface area contributed by atoms with Gasteiger partial charge in [0.1, 0.15) is 35.2 Å². The predicted octanol–water partition coefficient (Wildman–Crippen LogP) is 0.0277. The molecule has 3 N–H and O–H groups in total. The molecular weight excluding hydrogens is 304 g/mol. The average Bonchev–Trinajstić information content (AvgIpc) is 3.01. The second kappa shape index (κ2) is 5.84. The van der Waals surface area contributed by atoms with Crippen molar-refractivity contribution in [1.29, 1.82) is 0 Å². The second-order valence-electron chi connectivity index (χ2n) is 5.97. The lowest BCUT2D eigenvalue weighted by molar-refractivity contribution is -0.0963. The van der Waals surface area contributed by atoms with Crippen molar-refractivity contribution >= 4 is 11.7 Å². The van der Waals surface area contributed by atoms with Crippen LogP contribution < -0.4 is 5.32 Å². The van der Waals surface area contributed by atoms with Gasteiger partial charge in [0.15, 0.2) is 12.5 Å². The first kappa shape index (κ1) is 16.3. The van der Waals surface area contributed by atoms with Gasteiger partial charge in [0.25, 0.3) is 0 Å². The second-order valence-corrected chi connectivity index (χ2v) is 5.97. The van der Waals surface area contributed by atoms with Crippen LogP contribution in [0.1, 0.15) is 32.0 Å². The van der Waals surface area contributed by atoms with Crippen LogP contribution in [-0.2, 0) is 14.2 Å². The van der Waals surface area contributed by atoms with Crippen LogP contribution in [0.4, 0.5) is 5.82 Å². The lowest BCUT2D eigenvalue weighted by Crippen LogP contribution is -2.44. The highest BCUT2D eigenvalue weighted by atomic mass is 16.6. The minimum atomic E-state index is -1.50. The minimum absolute atomic E-state index is 0.180. The molecule has 9 nitrogen and oxygen atoms in total. The maximum absolute atomic E-state index is 10.7. The van der Waals surface area contributed by atoms with E-state index in [9.17, 15) is 10.2 Å². The molecule has 1 fully saturated rings. The SMILES string of the molecule is COC[C@H]1O[C@@H](n2cnc3c2NC(C)=NC3OC)[C@](C)(O)[C@@H]1O. The number of aromatic nitrogens is 2. The maximum atomic E-state index is 10.7. The van der Waals surface area contributed by atoms with Crippen LogP contribution in [0.15, 0.2) is 11.3 Å². The number of amidine groups is 1. The van der Waals surface area contributed by atoms with Gasteiger partial charge < -0.3 is 29.7 Å². The number of nitrogens with zero attached hydrogens (tertiary/aromatic N) is 3. The van der Waals surface area contributed by atoms with E-state index in [0.717, 1.165) is 0 Å². The summed E-state index contributed by atoms with van der Waals surface area (Å²) in [5, 5.41) is 24.1. The summed E-state index contributed by atoms with van der Waals surface area (Å²) in [6, 6.07) is 0. The summed E-state index contributed by atoms with van der Waals surface area (Å²) < 4.78 is 17.8. The van der Waals surface area contributed by atoms with Crippen molar-refractivity contribution in [2.45, 2.75) is 44.1 Å². The standard InChI is InChI=1S/C14H22N4O5/c1-7-16-11-9(12(17-7)22-4)15-6-18(11)13-14(2,20)10(19)8(23-13)5-21-3/h6,8,10,12-13,19-20H,5H2,1-4H3,(H,16,17)/t8-,10-,12?,13-,14-/m1/s1. The van der Waals surface area contributed by atoms with Crippen molar-refractivity contribution in [2.75, 3.05) is 26.1 Å². The van der Waals surface area contributed by atoms with Gasteiger partial charge >= 0.3 is 0 Å². The molecule has 0 aromatic carbocycles. The van der Waals surface area contributed by atoms with Crippen LogP contribution in [0.2, 0.25) is 0 Å². The molecule has 0 bridgehead atoms. The number of nitrogens with one attached hydrogen (secondary N) is 1. The first-order valence-corrected chi connectivity index (χ1v) is 7.36. The summed E-state index contributed by atoms with van der Waals surface area (Å²) >= 11 is 0. The highest BCUT2D eigenvalue weighted by Crippen LogP contribution is 2.42. The number of aliphatic imine (C=N–C) groups is 1. The van der Waals surface area contributed by atoms with Crippen LogP contribution in [0, 0.1) is 0 Å². The molecule has 0 aliphatic carbocycles. The molecule has 1 unspecified atom stereocenters. The lowest BCUT2D eigenvalue weighted by atomic mass is 9.96. The first-order chi connectivity index (χ1) is 10.9. The molecule has 3 heterocycles. The number of hydrogen-bond donors (Lipinski definition) is 3. The molecule has 1 aromatic heterocycles. The van der Waals surface area contributed by atoms with Gasteiger partial charge in [-0.05, 0) is 13.8 Å². The number of ether oxygens (including phenoxy) is 3. The molecule has 0 saturated carbocycles. The van der Waals surface area contributed by atoms with Crippen LogP contribution in [0.5, 0.6) is 0 Å². The summed E-state index contributed by atoms with van der Waals surface area (Å²) in [7, 11) is 3.07. The fraction of sp³-hybridized carbons (Fsp3) is 0.714. The average molecular weight is 326 g/mol. The fourth-order valence-electron chi connectivity index (χ4n) is 3.01. The minimum Gasteiger partial charge on any atom is -0.387 e. The molecule has 1 saturated heterocycles. The van der Waals surface area contributed by atoms with E-state index in [1.807, 2.05) is 6.92 Å². The third-order valence-electron chi connectivity index (χ3n) is 4.23. The monoisotopic (exact) mass is 326 g/mol. The fourth-order valence-corrected chi connectivity index (χ4v) is 3.01. The zero-order valence-corrected chi connectivity index (χ0v) is 13.6. The molecule has 0 amide bonds. The quantitative estimate of drug-likeness (QED) is 0.716. The van der Waals surface area contributed by atoms with Gasteiger partial charge in [-0.2, -0.15) is 0 Å². The number of aliphatic hydroxyl groups excluding tert-OH is 1. The van der Waals surface area contributed by atoms with E-state index in [0.29, 0.717) is 17.3 Å². The van der Waals surface area contributed by atoms with Gasteiger partial charge in [-0.1, -0.05) is 0 Å². The van der Waals surface area contributed by atoms with Crippen molar-refractivity contribution in [3.63, 3.8) is 0 Å². The Morgan fingerprint density at radius 3 is 2.87 bits per heavy atom. The maximum Gasteiger partial charge on any atom is 0.196 e. The summed E-state index contributed by atoms with van der Waals surface area (Å²) in [5.74, 6) is 1.29. The summed E-state index contributed by atoms with van der Waals surface area (Å²) in [6.45, 7) is 3.52. The van der Waals surface area contributed by atoms with Gasteiger partial charge in [0, 0.05) is 14.2 Å². The molecule has 2 aliphatic rings. The molecular formula is C14H22N4O5. The van der Waals surface area contributed by atoms with Gasteiger partial charge in [0.2, 0.25) is 0 Å². The highest BCUT2D eigenvalue weighted by molar-refractivity contribution is 5.94. The Balaban J connectivity index is 1.96. The van der Waals surface area contributed by atoms with E-state index < -0.39 is 30.3 Å². The Hall–Kier alpha value is -1.52. The van der Waals surface area contributed by atoms with Gasteiger partial charge in [-0.25, -0.2) is 9.98 Å². The zero-order valence-electron chi connectivity index (χ0n) is 13.6. The van der Waals surface area contributed by atoms with Crippen molar-refractivity contribution < 1.29 is 24.4 Å². The zero-order chi connectivity index (χ0) is 16.8. The molecule has 0 radical (unpaired) electrons. The number of fused-ring (bicyclic) bond motifs is 1. The molecule has 9 heteroatoms. The summed E-state index contributed by atoms with van der Waals surface area (Å²) in [5.41, 5.74) is -0.896. The Morgan fingerprint density at radius 2 is 2.22 bits per heavy atom. The Bertz CT molecular complexity index is 614. The Labute approximate surface area is 133 Å². The van der Waals surface area contributed by atoms with Gasteiger partial charge in [-0.3, -0.25) is 4.57 Å². The van der Waals surface area contributed by atoms with Crippen LogP contribution in [0.3, 0.4) is 0 Å². The van der Waals surface area contributed by atoms with E-state index in [1.54, 1.807) is 18.0 Å². The first-order valence-electron chi connectivity index (χ1n) is 7.36. The largest absolute Gasteiger partial charge is 0.387 e. The molecule has 23 heavy (non-hydrogen) atoms. The number of rotatable bonds is 4. The topological polar surface area (TPSA) is 110 Å². The Morgan fingerprint density at radius 1 is 1.48 bits per heavy atom. The smallest absolute Gasteiger partial charge is 0.196 e. The summed E-state index contributed by atoms with van der Waals surface area (Å²) in [6.07, 6.45) is -1.50. The Kier molecular flexibility index (Phi) is 4.15. The van der Waals surface area contributed by atoms with E-state index in [1.165, 1.54) is 14.0 Å². The normalized spacial score (nSPS) is 36.5. The summed E-state index contributed by atoms with van der Waals surface area (Å²) in [4.78, 5) is 8.63. The third kappa shape index (κ3) is 2.54. The highest BCUT2D eigenvalue weighted by Gasteiger charge is 2.53. The number of aliphatic hydroxyl groups is 2. The molecule has 3 rings (SSSR count). The van der Waals surface area contributed by atoms with E-state index in [-0.39, 0.29) is 6.61 Å². The van der Waals surface area contributed by atoms with Gasteiger partial charge in [-0.15, -0.1) is 0 Å². The number of methoxy groups -OCH3 is 2. The van der Waals surface area contributed by atoms with Crippen LogP contribution in [-0.4, -0.2) is 64.2 Å². The van der Waals surface area contributed by atoms with Crippen molar-refractivity contribution in [3.8, 4) is 0 Å². The molecule has 0 spiro atoms. The van der Waals surface area contributed by atoms with E-state index in [4.69, 9.17) is 14.2 Å². The molecule has 5 atom stereocenters.